The second-order valence-corrected chi connectivity index (χ2v) is 6.05. The monoisotopic (exact) mass is 252 g/mol. The Kier molecular flexibility index (Phi) is 3.84. The van der Waals surface area contributed by atoms with Crippen LogP contribution in [0.3, 0.4) is 0 Å². The molecule has 1 aliphatic carbocycles. The highest BCUT2D eigenvalue weighted by Crippen LogP contribution is 2.29. The molecule has 0 saturated heterocycles. The van der Waals surface area contributed by atoms with Crippen LogP contribution < -0.4 is 11.1 Å². The fourth-order valence-corrected chi connectivity index (χ4v) is 3.25. The summed E-state index contributed by atoms with van der Waals surface area (Å²) in [6.45, 7) is 2.71. The van der Waals surface area contributed by atoms with E-state index in [2.05, 4.69) is 23.7 Å². The van der Waals surface area contributed by atoms with Gasteiger partial charge in [0.2, 0.25) is 5.91 Å². The van der Waals surface area contributed by atoms with Gasteiger partial charge in [-0.05, 0) is 36.8 Å². The highest BCUT2D eigenvalue weighted by atomic mass is 32.1. The van der Waals surface area contributed by atoms with Gasteiger partial charge in [0.1, 0.15) is 0 Å². The van der Waals surface area contributed by atoms with E-state index < -0.39 is 0 Å². The summed E-state index contributed by atoms with van der Waals surface area (Å²) >= 11 is 1.69. The van der Waals surface area contributed by atoms with Crippen molar-refractivity contribution in [3.05, 3.63) is 21.9 Å². The largest absolute Gasteiger partial charge is 0.351 e. The summed E-state index contributed by atoms with van der Waals surface area (Å²) in [7, 11) is 0. The van der Waals surface area contributed by atoms with Gasteiger partial charge in [0.15, 0.2) is 0 Å². The maximum atomic E-state index is 11.8. The Balaban J connectivity index is 1.80. The molecule has 1 fully saturated rings. The molecule has 0 spiro atoms. The SMILES string of the molecule is Cc1ccsc1CNC(=O)CC1(N)CCCC1. The van der Waals surface area contributed by atoms with Crippen molar-refractivity contribution in [2.75, 3.05) is 0 Å². The van der Waals surface area contributed by atoms with Gasteiger partial charge in [0.25, 0.3) is 0 Å². The minimum atomic E-state index is -0.241. The number of nitrogens with two attached hydrogens (primary N) is 1. The number of hydrogen-bond acceptors (Lipinski definition) is 3. The zero-order valence-corrected chi connectivity index (χ0v) is 11.1. The van der Waals surface area contributed by atoms with Crippen LogP contribution in [0.15, 0.2) is 11.4 Å². The molecule has 1 amide bonds. The minimum Gasteiger partial charge on any atom is -0.351 e. The highest BCUT2D eigenvalue weighted by molar-refractivity contribution is 7.10. The van der Waals surface area contributed by atoms with Crippen molar-refractivity contribution in [3.8, 4) is 0 Å². The van der Waals surface area contributed by atoms with Gasteiger partial charge < -0.3 is 11.1 Å². The Labute approximate surface area is 106 Å². The van der Waals surface area contributed by atoms with Crippen LogP contribution in [0.2, 0.25) is 0 Å². The third kappa shape index (κ3) is 3.30. The van der Waals surface area contributed by atoms with Crippen molar-refractivity contribution in [1.82, 2.24) is 5.32 Å². The Morgan fingerprint density at radius 3 is 2.82 bits per heavy atom. The van der Waals surface area contributed by atoms with Gasteiger partial charge in [-0.15, -0.1) is 11.3 Å². The van der Waals surface area contributed by atoms with Crippen LogP contribution in [0.25, 0.3) is 0 Å². The van der Waals surface area contributed by atoms with E-state index in [0.717, 1.165) is 25.7 Å². The molecular weight excluding hydrogens is 232 g/mol. The first-order chi connectivity index (χ1) is 8.09. The third-order valence-corrected chi connectivity index (χ3v) is 4.55. The molecule has 0 unspecified atom stereocenters. The quantitative estimate of drug-likeness (QED) is 0.864. The predicted octanol–water partition coefficient (Wildman–Crippen LogP) is 2.33. The molecule has 1 aliphatic rings. The molecule has 1 aromatic rings. The summed E-state index contributed by atoms with van der Waals surface area (Å²) in [5.41, 5.74) is 7.19. The molecule has 2 rings (SSSR count). The smallest absolute Gasteiger partial charge is 0.222 e. The van der Waals surface area contributed by atoms with E-state index in [1.807, 2.05) is 0 Å². The van der Waals surface area contributed by atoms with E-state index in [1.54, 1.807) is 11.3 Å². The topological polar surface area (TPSA) is 55.1 Å². The van der Waals surface area contributed by atoms with Gasteiger partial charge in [-0.25, -0.2) is 0 Å². The molecule has 17 heavy (non-hydrogen) atoms. The van der Waals surface area contributed by atoms with Crippen molar-refractivity contribution in [3.63, 3.8) is 0 Å². The lowest BCUT2D eigenvalue weighted by Gasteiger charge is -2.22. The summed E-state index contributed by atoms with van der Waals surface area (Å²) < 4.78 is 0. The third-order valence-electron chi connectivity index (χ3n) is 3.53. The van der Waals surface area contributed by atoms with Crippen LogP contribution in [-0.4, -0.2) is 11.4 Å². The van der Waals surface area contributed by atoms with Crippen molar-refractivity contribution in [1.29, 1.82) is 0 Å². The number of carbonyl (C=O) groups excluding carboxylic acids is 1. The van der Waals surface area contributed by atoms with Crippen molar-refractivity contribution in [2.24, 2.45) is 5.73 Å². The molecule has 3 N–H and O–H groups in total. The molecule has 3 nitrogen and oxygen atoms in total. The number of aryl methyl sites for hydroxylation is 1. The van der Waals surface area contributed by atoms with Crippen LogP contribution in [-0.2, 0) is 11.3 Å². The standard InChI is InChI=1S/C13H20N2OS/c1-10-4-7-17-11(10)9-15-12(16)8-13(14)5-2-3-6-13/h4,7H,2-3,5-6,8-9,14H2,1H3,(H,15,16). The van der Waals surface area contributed by atoms with E-state index in [1.165, 1.54) is 10.4 Å². The number of hydrogen-bond donors (Lipinski definition) is 2. The Bertz CT molecular complexity index is 394. The number of thiophene rings is 1. The van der Waals surface area contributed by atoms with Gasteiger partial charge in [0, 0.05) is 16.8 Å². The highest BCUT2D eigenvalue weighted by Gasteiger charge is 2.31. The fraction of sp³-hybridized carbons (Fsp3) is 0.615. The Hall–Kier alpha value is -0.870. The summed E-state index contributed by atoms with van der Waals surface area (Å²) in [6.07, 6.45) is 4.76. The van der Waals surface area contributed by atoms with Gasteiger partial charge in [-0.3, -0.25) is 4.79 Å². The van der Waals surface area contributed by atoms with Crippen molar-refractivity contribution in [2.45, 2.75) is 51.1 Å². The molecule has 0 atom stereocenters. The fourth-order valence-electron chi connectivity index (χ4n) is 2.40. The van der Waals surface area contributed by atoms with E-state index in [-0.39, 0.29) is 11.4 Å². The first-order valence-corrected chi connectivity index (χ1v) is 7.06. The number of nitrogens with one attached hydrogen (secondary N) is 1. The first kappa shape index (κ1) is 12.6. The van der Waals surface area contributed by atoms with Gasteiger partial charge in [0.05, 0.1) is 6.54 Å². The van der Waals surface area contributed by atoms with Crippen LogP contribution in [0.1, 0.15) is 42.5 Å². The maximum absolute atomic E-state index is 11.8. The van der Waals surface area contributed by atoms with Gasteiger partial charge >= 0.3 is 0 Å². The van der Waals surface area contributed by atoms with Crippen molar-refractivity contribution >= 4 is 17.2 Å². The van der Waals surface area contributed by atoms with E-state index >= 15 is 0 Å². The van der Waals surface area contributed by atoms with Gasteiger partial charge in [-0.2, -0.15) is 0 Å². The van der Waals surface area contributed by atoms with Gasteiger partial charge in [-0.1, -0.05) is 12.8 Å². The van der Waals surface area contributed by atoms with Crippen LogP contribution in [0.5, 0.6) is 0 Å². The zero-order valence-electron chi connectivity index (χ0n) is 10.3. The molecule has 4 heteroatoms. The lowest BCUT2D eigenvalue weighted by molar-refractivity contribution is -0.122. The lowest BCUT2D eigenvalue weighted by Crippen LogP contribution is -2.41. The number of rotatable bonds is 4. The normalized spacial score (nSPS) is 18.2. The molecule has 0 aliphatic heterocycles. The van der Waals surface area contributed by atoms with E-state index in [4.69, 9.17) is 5.73 Å². The summed E-state index contributed by atoms with van der Waals surface area (Å²) in [4.78, 5) is 13.1. The maximum Gasteiger partial charge on any atom is 0.222 e. The lowest BCUT2D eigenvalue weighted by atomic mass is 9.94. The zero-order chi connectivity index (χ0) is 12.3. The van der Waals surface area contributed by atoms with Crippen LogP contribution in [0.4, 0.5) is 0 Å². The second-order valence-electron chi connectivity index (χ2n) is 5.05. The molecule has 1 saturated carbocycles. The molecular formula is C13H20N2OS. The molecule has 1 aromatic heterocycles. The van der Waals surface area contributed by atoms with E-state index in [9.17, 15) is 4.79 Å². The predicted molar refractivity (Wildman–Crippen MR) is 70.9 cm³/mol. The Morgan fingerprint density at radius 1 is 1.53 bits per heavy atom. The van der Waals surface area contributed by atoms with E-state index in [0.29, 0.717) is 13.0 Å². The molecule has 1 heterocycles. The minimum absolute atomic E-state index is 0.0854. The summed E-state index contributed by atoms with van der Waals surface area (Å²) in [5.74, 6) is 0.0854. The molecule has 0 aromatic carbocycles. The summed E-state index contributed by atoms with van der Waals surface area (Å²) in [6, 6.07) is 2.08. The first-order valence-electron chi connectivity index (χ1n) is 6.18. The molecule has 94 valence electrons. The number of amides is 1. The molecule has 0 bridgehead atoms. The van der Waals surface area contributed by atoms with Crippen molar-refractivity contribution < 1.29 is 4.79 Å². The molecule has 0 radical (unpaired) electrons. The average molecular weight is 252 g/mol. The Morgan fingerprint density at radius 2 is 2.24 bits per heavy atom. The second kappa shape index (κ2) is 5.19. The summed E-state index contributed by atoms with van der Waals surface area (Å²) in [5, 5.41) is 5.02. The van der Waals surface area contributed by atoms with Crippen LogP contribution >= 0.6 is 11.3 Å². The number of carbonyl (C=O) groups is 1. The van der Waals surface area contributed by atoms with Crippen LogP contribution in [0, 0.1) is 6.92 Å². The average Bonchev–Trinajstić information content (AvgIpc) is 2.85.